The van der Waals surface area contributed by atoms with E-state index in [2.05, 4.69) is 37.0 Å². The van der Waals surface area contributed by atoms with Gasteiger partial charge in [0.2, 0.25) is 5.95 Å². The number of anilines is 4. The number of amides is 1. The fourth-order valence-corrected chi connectivity index (χ4v) is 5.09. The van der Waals surface area contributed by atoms with Gasteiger partial charge in [0.05, 0.1) is 5.69 Å². The molecule has 2 saturated carbocycles. The van der Waals surface area contributed by atoms with Gasteiger partial charge in [0, 0.05) is 29.4 Å². The van der Waals surface area contributed by atoms with Crippen molar-refractivity contribution in [3.63, 3.8) is 0 Å². The van der Waals surface area contributed by atoms with E-state index in [0.717, 1.165) is 31.5 Å². The van der Waals surface area contributed by atoms with Gasteiger partial charge in [-0.25, -0.2) is 9.97 Å². The van der Waals surface area contributed by atoms with E-state index in [1.165, 1.54) is 17.3 Å². The van der Waals surface area contributed by atoms with Crippen LogP contribution in [-0.4, -0.2) is 46.8 Å². The molecule has 3 aromatic rings. The van der Waals surface area contributed by atoms with E-state index in [4.69, 9.17) is 0 Å². The van der Waals surface area contributed by atoms with E-state index in [0.29, 0.717) is 18.5 Å². The third-order valence-electron chi connectivity index (χ3n) is 7.62. The first-order valence-electron chi connectivity index (χ1n) is 12.9. The van der Waals surface area contributed by atoms with Gasteiger partial charge < -0.3 is 21.3 Å². The Kier molecular flexibility index (Phi) is 6.17. The highest BCUT2D eigenvalue weighted by Gasteiger charge is 2.47. The van der Waals surface area contributed by atoms with E-state index in [1.54, 1.807) is 18.2 Å². The zero-order valence-electron chi connectivity index (χ0n) is 21.0. The van der Waals surface area contributed by atoms with Gasteiger partial charge in [-0.2, -0.15) is 18.2 Å². The highest BCUT2D eigenvalue weighted by Crippen LogP contribution is 2.49. The fraction of sp³-hybridized carbons (Fsp3) is 0.407. The molecule has 3 aliphatic rings. The topological polar surface area (TPSA) is 104 Å². The lowest BCUT2D eigenvalue weighted by Crippen LogP contribution is -2.36. The summed E-state index contributed by atoms with van der Waals surface area (Å²) in [5.74, 6) is -0.576. The Morgan fingerprint density at radius 1 is 1.05 bits per heavy atom. The minimum absolute atomic E-state index is 0.0268. The van der Waals surface area contributed by atoms with Crippen molar-refractivity contribution in [3.8, 4) is 0 Å². The van der Waals surface area contributed by atoms with E-state index in [1.807, 2.05) is 17.4 Å². The molecule has 1 aromatic carbocycles. The number of hydrogen-bond donors (Lipinski definition) is 4. The van der Waals surface area contributed by atoms with Crippen molar-refractivity contribution in [2.24, 2.45) is 0 Å². The van der Waals surface area contributed by atoms with Gasteiger partial charge >= 0.3 is 6.18 Å². The van der Waals surface area contributed by atoms with Crippen molar-refractivity contribution < 1.29 is 22.4 Å². The summed E-state index contributed by atoms with van der Waals surface area (Å²) in [4.78, 5) is 25.7. The molecule has 0 radical (unpaired) electrons. The number of fused-ring (bicyclic) bond motifs is 2. The SMILES string of the molecule is O=C(NCC(F)(F)F)c1cnc(Nc2ccc3c(c2)CCNC32CC2)nc1Nc1cccc(C2(CF)CC2)n1. The maximum absolute atomic E-state index is 13.6. The normalized spacial score (nSPS) is 18.3. The summed E-state index contributed by atoms with van der Waals surface area (Å²) in [6.45, 7) is -1.13. The van der Waals surface area contributed by atoms with Crippen LogP contribution in [0.2, 0.25) is 0 Å². The predicted octanol–water partition coefficient (Wildman–Crippen LogP) is 4.79. The molecule has 39 heavy (non-hydrogen) atoms. The summed E-state index contributed by atoms with van der Waals surface area (Å²) in [6, 6.07) is 11.1. The van der Waals surface area contributed by atoms with Crippen molar-refractivity contribution in [3.05, 3.63) is 65.0 Å². The molecule has 1 spiro atoms. The summed E-state index contributed by atoms with van der Waals surface area (Å²) in [5.41, 5.74) is 3.16. The highest BCUT2D eigenvalue weighted by molar-refractivity contribution is 5.99. The molecule has 0 bridgehead atoms. The quantitative estimate of drug-likeness (QED) is 0.304. The summed E-state index contributed by atoms with van der Waals surface area (Å²) in [6.07, 6.45) is 1.08. The van der Waals surface area contributed by atoms with Gasteiger partial charge in [-0.1, -0.05) is 12.1 Å². The van der Waals surface area contributed by atoms with Crippen LogP contribution in [0.5, 0.6) is 0 Å². The molecule has 1 amide bonds. The minimum Gasteiger partial charge on any atom is -0.343 e. The van der Waals surface area contributed by atoms with E-state index in [-0.39, 0.29) is 28.7 Å². The smallest absolute Gasteiger partial charge is 0.343 e. The van der Waals surface area contributed by atoms with Crippen LogP contribution in [0, 0.1) is 0 Å². The molecule has 12 heteroatoms. The molecule has 2 aliphatic carbocycles. The van der Waals surface area contributed by atoms with Crippen LogP contribution < -0.4 is 21.3 Å². The second-order valence-electron chi connectivity index (χ2n) is 10.5. The Labute approximate surface area is 222 Å². The van der Waals surface area contributed by atoms with Crippen molar-refractivity contribution in [2.75, 3.05) is 30.4 Å². The van der Waals surface area contributed by atoms with E-state index < -0.39 is 30.7 Å². The first-order valence-corrected chi connectivity index (χ1v) is 12.9. The number of benzene rings is 1. The lowest BCUT2D eigenvalue weighted by atomic mass is 9.92. The van der Waals surface area contributed by atoms with Gasteiger partial charge in [-0.05, 0) is 67.5 Å². The average Bonchev–Trinajstić information content (AvgIpc) is 3.84. The Morgan fingerprint density at radius 2 is 1.87 bits per heavy atom. The van der Waals surface area contributed by atoms with Crippen molar-refractivity contribution in [2.45, 2.75) is 49.2 Å². The van der Waals surface area contributed by atoms with Crippen molar-refractivity contribution in [1.82, 2.24) is 25.6 Å². The van der Waals surface area contributed by atoms with Gasteiger partial charge in [-0.15, -0.1) is 0 Å². The van der Waals surface area contributed by atoms with Crippen LogP contribution in [0.15, 0.2) is 42.6 Å². The molecule has 0 atom stereocenters. The van der Waals surface area contributed by atoms with Gasteiger partial charge in [0.15, 0.2) is 0 Å². The number of pyridine rings is 1. The number of halogens is 4. The summed E-state index contributed by atoms with van der Waals surface area (Å²) < 4.78 is 51.8. The monoisotopic (exact) mass is 541 g/mol. The summed E-state index contributed by atoms with van der Waals surface area (Å²) in [7, 11) is 0. The van der Waals surface area contributed by atoms with Crippen LogP contribution in [0.25, 0.3) is 0 Å². The molecule has 0 unspecified atom stereocenters. The molecule has 6 rings (SSSR count). The zero-order valence-corrected chi connectivity index (χ0v) is 21.0. The largest absolute Gasteiger partial charge is 0.405 e. The van der Waals surface area contributed by atoms with Crippen LogP contribution in [0.1, 0.15) is 52.9 Å². The second kappa shape index (κ2) is 9.44. The lowest BCUT2D eigenvalue weighted by Gasteiger charge is -2.27. The molecule has 8 nitrogen and oxygen atoms in total. The number of aromatic nitrogens is 3. The molecule has 1 aliphatic heterocycles. The number of nitrogens with zero attached hydrogens (tertiary/aromatic N) is 3. The van der Waals surface area contributed by atoms with Gasteiger partial charge in [-0.3, -0.25) is 9.18 Å². The molecule has 2 fully saturated rings. The number of carbonyl (C=O) groups excluding carboxylic acids is 1. The Bertz CT molecular complexity index is 1420. The number of hydrogen-bond acceptors (Lipinski definition) is 7. The number of carbonyl (C=O) groups is 1. The van der Waals surface area contributed by atoms with E-state index in [9.17, 15) is 22.4 Å². The first-order chi connectivity index (χ1) is 18.7. The lowest BCUT2D eigenvalue weighted by molar-refractivity contribution is -0.123. The Hall–Kier alpha value is -3.80. The number of rotatable bonds is 8. The zero-order chi connectivity index (χ0) is 27.3. The second-order valence-corrected chi connectivity index (χ2v) is 10.5. The molecule has 4 N–H and O–H groups in total. The third-order valence-corrected chi connectivity index (χ3v) is 7.62. The standard InChI is InChI=1S/C27H27F4N7O/c28-14-25(7-8-25)20-2-1-3-21(36-20)37-22-18(23(39)33-15-27(29,30)31)13-32-24(38-22)35-17-4-5-19-16(12-17)6-11-34-26(19)9-10-26/h1-5,12-13,34H,6-11,14-15H2,(H,33,39)(H2,32,35,36,37,38). The van der Waals surface area contributed by atoms with Crippen LogP contribution in [0.4, 0.5) is 40.8 Å². The molecule has 3 heterocycles. The van der Waals surface area contributed by atoms with Crippen LogP contribution in [0.3, 0.4) is 0 Å². The molecule has 2 aromatic heterocycles. The Morgan fingerprint density at radius 3 is 2.59 bits per heavy atom. The number of nitrogens with one attached hydrogen (secondary N) is 4. The number of alkyl halides is 4. The molecular weight excluding hydrogens is 514 g/mol. The molecule has 204 valence electrons. The minimum atomic E-state index is -4.58. The first kappa shape index (κ1) is 25.5. The maximum Gasteiger partial charge on any atom is 0.405 e. The third kappa shape index (κ3) is 5.25. The average molecular weight is 542 g/mol. The molecule has 0 saturated heterocycles. The molecular formula is C27H27F4N7O. The summed E-state index contributed by atoms with van der Waals surface area (Å²) in [5, 5.41) is 11.5. The Balaban J connectivity index is 1.28. The van der Waals surface area contributed by atoms with Crippen molar-refractivity contribution in [1.29, 1.82) is 0 Å². The van der Waals surface area contributed by atoms with Crippen LogP contribution in [-0.2, 0) is 17.4 Å². The maximum atomic E-state index is 13.6. The van der Waals surface area contributed by atoms with Crippen LogP contribution >= 0.6 is 0 Å². The predicted molar refractivity (Wildman–Crippen MR) is 137 cm³/mol. The van der Waals surface area contributed by atoms with E-state index >= 15 is 0 Å². The van der Waals surface area contributed by atoms with Gasteiger partial charge in [0.25, 0.3) is 5.91 Å². The van der Waals surface area contributed by atoms with Gasteiger partial charge in [0.1, 0.15) is 30.4 Å². The highest BCUT2D eigenvalue weighted by atomic mass is 19.4. The summed E-state index contributed by atoms with van der Waals surface area (Å²) >= 11 is 0. The van der Waals surface area contributed by atoms with Crippen molar-refractivity contribution >= 4 is 29.2 Å². The fourth-order valence-electron chi connectivity index (χ4n) is 5.09.